The van der Waals surface area contributed by atoms with Gasteiger partial charge in [-0.25, -0.2) is 0 Å². The van der Waals surface area contributed by atoms with Crippen LogP contribution in [-0.4, -0.2) is 35.2 Å². The standard InChI is InChI=1S/C19H25NO/c1-14-13-20(3)15(2)11-19(14,21)12-17-9-6-8-16-7-4-5-10-18(16)17/h4-10,14-15,21H,11-13H2,1-3H3. The van der Waals surface area contributed by atoms with Gasteiger partial charge < -0.3 is 10.0 Å². The first-order valence-electron chi connectivity index (χ1n) is 7.89. The Labute approximate surface area is 127 Å². The van der Waals surface area contributed by atoms with E-state index < -0.39 is 5.60 Å². The highest BCUT2D eigenvalue weighted by molar-refractivity contribution is 5.85. The van der Waals surface area contributed by atoms with Crippen LogP contribution < -0.4 is 0 Å². The van der Waals surface area contributed by atoms with Gasteiger partial charge in [0.15, 0.2) is 0 Å². The van der Waals surface area contributed by atoms with Crippen LogP contribution in [0.4, 0.5) is 0 Å². The average molecular weight is 283 g/mol. The van der Waals surface area contributed by atoms with Gasteiger partial charge in [0.1, 0.15) is 0 Å². The summed E-state index contributed by atoms with van der Waals surface area (Å²) < 4.78 is 0. The topological polar surface area (TPSA) is 23.5 Å². The summed E-state index contributed by atoms with van der Waals surface area (Å²) in [5, 5.41) is 13.7. The van der Waals surface area contributed by atoms with Gasteiger partial charge in [-0.1, -0.05) is 49.4 Å². The van der Waals surface area contributed by atoms with E-state index in [-0.39, 0.29) is 5.92 Å². The molecule has 0 aliphatic carbocycles. The first-order valence-corrected chi connectivity index (χ1v) is 7.89. The largest absolute Gasteiger partial charge is 0.389 e. The Morgan fingerprint density at radius 2 is 1.86 bits per heavy atom. The van der Waals surface area contributed by atoms with Crippen LogP contribution in [0.1, 0.15) is 25.8 Å². The van der Waals surface area contributed by atoms with Gasteiger partial charge in [-0.2, -0.15) is 0 Å². The maximum atomic E-state index is 11.2. The minimum Gasteiger partial charge on any atom is -0.389 e. The van der Waals surface area contributed by atoms with Crippen LogP contribution in [0.3, 0.4) is 0 Å². The van der Waals surface area contributed by atoms with Gasteiger partial charge >= 0.3 is 0 Å². The fraction of sp³-hybridized carbons (Fsp3) is 0.474. The SMILES string of the molecule is CC1CC(O)(Cc2cccc3ccccc23)C(C)CN1C. The molecular weight excluding hydrogens is 258 g/mol. The molecule has 0 saturated carbocycles. The summed E-state index contributed by atoms with van der Waals surface area (Å²) in [6.07, 6.45) is 1.58. The molecule has 0 radical (unpaired) electrons. The van der Waals surface area contributed by atoms with E-state index >= 15 is 0 Å². The number of nitrogens with zero attached hydrogens (tertiary/aromatic N) is 1. The van der Waals surface area contributed by atoms with Crippen molar-refractivity contribution in [2.45, 2.75) is 38.3 Å². The van der Waals surface area contributed by atoms with Crippen molar-refractivity contribution >= 4 is 10.8 Å². The summed E-state index contributed by atoms with van der Waals surface area (Å²) in [7, 11) is 2.15. The number of likely N-dealkylation sites (tertiary alicyclic amines) is 1. The van der Waals surface area contributed by atoms with E-state index in [4.69, 9.17) is 0 Å². The molecule has 0 bridgehead atoms. The molecule has 3 rings (SSSR count). The van der Waals surface area contributed by atoms with Crippen LogP contribution in [0, 0.1) is 5.92 Å². The molecule has 2 aromatic carbocycles. The molecule has 0 amide bonds. The number of benzene rings is 2. The second-order valence-corrected chi connectivity index (χ2v) is 6.81. The van der Waals surface area contributed by atoms with Crippen LogP contribution >= 0.6 is 0 Å². The highest BCUT2D eigenvalue weighted by atomic mass is 16.3. The normalized spacial score (nSPS) is 30.7. The Hall–Kier alpha value is -1.38. The molecule has 1 saturated heterocycles. The van der Waals surface area contributed by atoms with Crippen LogP contribution in [0.5, 0.6) is 0 Å². The van der Waals surface area contributed by atoms with E-state index in [1.807, 2.05) is 0 Å². The molecule has 0 spiro atoms. The summed E-state index contributed by atoms with van der Waals surface area (Å²) >= 11 is 0. The van der Waals surface area contributed by atoms with Gasteiger partial charge in [0.25, 0.3) is 0 Å². The molecule has 2 aromatic rings. The van der Waals surface area contributed by atoms with E-state index in [0.29, 0.717) is 6.04 Å². The minimum atomic E-state index is -0.601. The third-order valence-electron chi connectivity index (χ3n) is 5.26. The molecule has 1 heterocycles. The van der Waals surface area contributed by atoms with E-state index in [1.54, 1.807) is 0 Å². The second-order valence-electron chi connectivity index (χ2n) is 6.81. The van der Waals surface area contributed by atoms with Gasteiger partial charge in [-0.05, 0) is 42.6 Å². The number of hydrogen-bond acceptors (Lipinski definition) is 2. The lowest BCUT2D eigenvalue weighted by Crippen LogP contribution is -2.54. The molecule has 3 atom stereocenters. The average Bonchev–Trinajstić information content (AvgIpc) is 2.46. The predicted octanol–water partition coefficient (Wildman–Crippen LogP) is 3.47. The molecule has 2 heteroatoms. The van der Waals surface area contributed by atoms with Gasteiger partial charge in [-0.3, -0.25) is 0 Å². The molecule has 1 aliphatic heterocycles. The van der Waals surface area contributed by atoms with Gasteiger partial charge in [0, 0.05) is 19.0 Å². The lowest BCUT2D eigenvalue weighted by molar-refractivity contribution is -0.0776. The zero-order valence-electron chi connectivity index (χ0n) is 13.2. The fourth-order valence-corrected chi connectivity index (χ4v) is 3.67. The summed E-state index contributed by atoms with van der Waals surface area (Å²) in [5.41, 5.74) is 0.662. The van der Waals surface area contributed by atoms with Crippen molar-refractivity contribution in [3.63, 3.8) is 0 Å². The van der Waals surface area contributed by atoms with Crippen LogP contribution in [0.25, 0.3) is 10.8 Å². The summed E-state index contributed by atoms with van der Waals surface area (Å²) in [6, 6.07) is 15.3. The quantitative estimate of drug-likeness (QED) is 0.912. The van der Waals surface area contributed by atoms with Crippen LogP contribution in [0.2, 0.25) is 0 Å². The third kappa shape index (κ3) is 2.70. The van der Waals surface area contributed by atoms with E-state index in [2.05, 4.69) is 68.3 Å². The molecule has 1 fully saturated rings. The predicted molar refractivity (Wildman–Crippen MR) is 88.5 cm³/mol. The fourth-order valence-electron chi connectivity index (χ4n) is 3.67. The number of piperidine rings is 1. The van der Waals surface area contributed by atoms with Crippen molar-refractivity contribution in [2.24, 2.45) is 5.92 Å². The summed E-state index contributed by atoms with van der Waals surface area (Å²) in [4.78, 5) is 2.35. The van der Waals surface area contributed by atoms with Crippen molar-refractivity contribution in [3.05, 3.63) is 48.0 Å². The molecule has 112 valence electrons. The Morgan fingerprint density at radius 1 is 1.14 bits per heavy atom. The molecule has 21 heavy (non-hydrogen) atoms. The van der Waals surface area contributed by atoms with Crippen LogP contribution in [-0.2, 0) is 6.42 Å². The maximum absolute atomic E-state index is 11.2. The number of aliphatic hydroxyl groups is 1. The first kappa shape index (κ1) is 14.6. The lowest BCUT2D eigenvalue weighted by atomic mass is 9.75. The molecular formula is C19H25NO. The molecule has 2 nitrogen and oxygen atoms in total. The second kappa shape index (κ2) is 5.43. The van der Waals surface area contributed by atoms with Gasteiger partial charge in [-0.15, -0.1) is 0 Å². The highest BCUT2D eigenvalue weighted by Gasteiger charge is 2.41. The maximum Gasteiger partial charge on any atom is 0.0740 e. The van der Waals surface area contributed by atoms with Crippen molar-refractivity contribution in [1.82, 2.24) is 4.90 Å². The zero-order valence-corrected chi connectivity index (χ0v) is 13.2. The molecule has 1 aliphatic rings. The number of hydrogen-bond donors (Lipinski definition) is 1. The van der Waals surface area contributed by atoms with Gasteiger partial charge in [0.2, 0.25) is 0 Å². The van der Waals surface area contributed by atoms with Gasteiger partial charge in [0.05, 0.1) is 5.60 Å². The minimum absolute atomic E-state index is 0.290. The summed E-state index contributed by atoms with van der Waals surface area (Å²) in [5.74, 6) is 0.290. The Bertz CT molecular complexity index is 633. The smallest absolute Gasteiger partial charge is 0.0740 e. The summed E-state index contributed by atoms with van der Waals surface area (Å²) in [6.45, 7) is 5.34. The monoisotopic (exact) mass is 283 g/mol. The Morgan fingerprint density at radius 3 is 2.67 bits per heavy atom. The Balaban J connectivity index is 1.94. The highest BCUT2D eigenvalue weighted by Crippen LogP contribution is 2.35. The Kier molecular flexibility index (Phi) is 3.76. The van der Waals surface area contributed by atoms with E-state index in [0.717, 1.165) is 19.4 Å². The third-order valence-corrected chi connectivity index (χ3v) is 5.26. The van der Waals surface area contributed by atoms with Crippen LogP contribution in [0.15, 0.2) is 42.5 Å². The molecule has 0 aromatic heterocycles. The number of rotatable bonds is 2. The van der Waals surface area contributed by atoms with Crippen molar-refractivity contribution in [3.8, 4) is 0 Å². The molecule has 3 unspecified atom stereocenters. The zero-order chi connectivity index (χ0) is 15.0. The lowest BCUT2D eigenvalue weighted by Gasteiger charge is -2.46. The molecule has 1 N–H and O–H groups in total. The van der Waals surface area contributed by atoms with E-state index in [9.17, 15) is 5.11 Å². The van der Waals surface area contributed by atoms with Crippen molar-refractivity contribution in [1.29, 1.82) is 0 Å². The van der Waals surface area contributed by atoms with Crippen molar-refractivity contribution < 1.29 is 5.11 Å². The van der Waals surface area contributed by atoms with Crippen molar-refractivity contribution in [2.75, 3.05) is 13.6 Å². The number of fused-ring (bicyclic) bond motifs is 1. The van der Waals surface area contributed by atoms with E-state index in [1.165, 1.54) is 16.3 Å². The first-order chi connectivity index (χ1) is 9.99.